The first-order valence-electron chi connectivity index (χ1n) is 5.03. The zero-order valence-electron chi connectivity index (χ0n) is 9.33. The van der Waals surface area contributed by atoms with Gasteiger partial charge in [-0.25, -0.2) is 0 Å². The van der Waals surface area contributed by atoms with Gasteiger partial charge in [0.1, 0.15) is 6.61 Å². The van der Waals surface area contributed by atoms with Crippen LogP contribution in [0.4, 0.5) is 5.69 Å². The van der Waals surface area contributed by atoms with Gasteiger partial charge in [-0.2, -0.15) is 0 Å². The van der Waals surface area contributed by atoms with Gasteiger partial charge in [0, 0.05) is 25.0 Å². The van der Waals surface area contributed by atoms with Crippen molar-refractivity contribution in [3.8, 4) is 0 Å². The molecule has 17 heavy (non-hydrogen) atoms. The monoisotopic (exact) mass is 239 g/mol. The molecule has 0 spiro atoms. The molecule has 1 atom stereocenters. The normalized spacial score (nSPS) is 11.9. The van der Waals surface area contributed by atoms with Gasteiger partial charge >= 0.3 is 5.97 Å². The Hall–Kier alpha value is -1.95. The second-order valence-corrected chi connectivity index (χ2v) is 3.53. The quantitative estimate of drug-likeness (QED) is 0.474. The van der Waals surface area contributed by atoms with Gasteiger partial charge in [0.2, 0.25) is 0 Å². The number of aliphatic hydroxyl groups is 1. The van der Waals surface area contributed by atoms with Crippen molar-refractivity contribution in [1.82, 2.24) is 0 Å². The van der Waals surface area contributed by atoms with Gasteiger partial charge in [0.05, 0.1) is 11.5 Å². The maximum atomic E-state index is 10.6. The molecule has 92 valence electrons. The highest BCUT2D eigenvalue weighted by atomic mass is 16.6. The Kier molecular flexibility index (Phi) is 4.59. The molecule has 0 fully saturated rings. The molecular weight excluding hydrogens is 226 g/mol. The summed E-state index contributed by atoms with van der Waals surface area (Å²) in [6, 6.07) is 5.79. The van der Waals surface area contributed by atoms with E-state index in [1.165, 1.54) is 19.1 Å². The number of non-ortho nitro benzene ring substituents is 1. The van der Waals surface area contributed by atoms with Gasteiger partial charge in [0.15, 0.2) is 0 Å². The van der Waals surface area contributed by atoms with Gasteiger partial charge in [-0.15, -0.1) is 0 Å². The largest absolute Gasteiger partial charge is 0.465 e. The molecule has 0 bridgehead atoms. The zero-order valence-corrected chi connectivity index (χ0v) is 9.33. The van der Waals surface area contributed by atoms with Crippen molar-refractivity contribution in [2.75, 3.05) is 13.2 Å². The van der Waals surface area contributed by atoms with E-state index in [0.717, 1.165) is 0 Å². The summed E-state index contributed by atoms with van der Waals surface area (Å²) in [5.74, 6) is -0.787. The molecule has 0 aliphatic rings. The first kappa shape index (κ1) is 13.1. The SMILES string of the molecule is CC(=O)OCC(CO)c1ccc([N+](=O)[O-])cc1. The highest BCUT2D eigenvalue weighted by molar-refractivity contribution is 5.65. The van der Waals surface area contributed by atoms with E-state index < -0.39 is 10.9 Å². The van der Waals surface area contributed by atoms with Crippen LogP contribution in [-0.2, 0) is 9.53 Å². The molecule has 0 heterocycles. The van der Waals surface area contributed by atoms with E-state index >= 15 is 0 Å². The standard InChI is InChI=1S/C11H13NO5/c1-8(14)17-7-10(6-13)9-2-4-11(5-3-9)12(15)16/h2-5,10,13H,6-7H2,1H3. The third-order valence-electron chi connectivity index (χ3n) is 2.28. The number of carbonyl (C=O) groups is 1. The summed E-state index contributed by atoms with van der Waals surface area (Å²) < 4.78 is 4.79. The van der Waals surface area contributed by atoms with Gasteiger partial charge in [-0.05, 0) is 5.56 Å². The lowest BCUT2D eigenvalue weighted by Crippen LogP contribution is -2.14. The van der Waals surface area contributed by atoms with Crippen LogP contribution in [0.5, 0.6) is 0 Å². The van der Waals surface area contributed by atoms with Crippen molar-refractivity contribution in [3.05, 3.63) is 39.9 Å². The van der Waals surface area contributed by atoms with Gasteiger partial charge < -0.3 is 9.84 Å². The Morgan fingerprint density at radius 1 is 1.47 bits per heavy atom. The summed E-state index contributed by atoms with van der Waals surface area (Å²) >= 11 is 0. The summed E-state index contributed by atoms with van der Waals surface area (Å²) in [6.07, 6.45) is 0. The number of nitro groups is 1. The zero-order chi connectivity index (χ0) is 12.8. The minimum Gasteiger partial charge on any atom is -0.465 e. The molecule has 0 saturated carbocycles. The van der Waals surface area contributed by atoms with E-state index in [0.29, 0.717) is 5.56 Å². The van der Waals surface area contributed by atoms with E-state index in [-0.39, 0.29) is 24.8 Å². The van der Waals surface area contributed by atoms with Crippen LogP contribution in [-0.4, -0.2) is 29.2 Å². The van der Waals surface area contributed by atoms with Crippen LogP contribution in [0.3, 0.4) is 0 Å². The number of ether oxygens (including phenoxy) is 1. The van der Waals surface area contributed by atoms with E-state index in [4.69, 9.17) is 9.84 Å². The first-order chi connectivity index (χ1) is 8.04. The number of rotatable bonds is 5. The number of aliphatic hydroxyl groups excluding tert-OH is 1. The van der Waals surface area contributed by atoms with E-state index in [9.17, 15) is 14.9 Å². The summed E-state index contributed by atoms with van der Waals surface area (Å²) in [7, 11) is 0. The number of carbonyl (C=O) groups excluding carboxylic acids is 1. The van der Waals surface area contributed by atoms with Gasteiger partial charge in [-0.1, -0.05) is 12.1 Å². The number of esters is 1. The van der Waals surface area contributed by atoms with Crippen LogP contribution in [0.1, 0.15) is 18.4 Å². The van der Waals surface area contributed by atoms with Crippen LogP contribution in [0.15, 0.2) is 24.3 Å². The third-order valence-corrected chi connectivity index (χ3v) is 2.28. The second kappa shape index (κ2) is 5.95. The predicted molar refractivity (Wildman–Crippen MR) is 59.6 cm³/mol. The lowest BCUT2D eigenvalue weighted by Gasteiger charge is -2.13. The van der Waals surface area contributed by atoms with Crippen LogP contribution in [0.25, 0.3) is 0 Å². The summed E-state index contributed by atoms with van der Waals surface area (Å²) in [6.45, 7) is 1.15. The highest BCUT2D eigenvalue weighted by Gasteiger charge is 2.13. The molecule has 0 aliphatic heterocycles. The average Bonchev–Trinajstić information content (AvgIpc) is 2.30. The van der Waals surface area contributed by atoms with Crippen molar-refractivity contribution >= 4 is 11.7 Å². The minimum absolute atomic E-state index is 0.0158. The maximum absolute atomic E-state index is 10.6. The molecule has 0 amide bonds. The highest BCUT2D eigenvalue weighted by Crippen LogP contribution is 2.19. The lowest BCUT2D eigenvalue weighted by molar-refractivity contribution is -0.384. The van der Waals surface area contributed by atoms with Crippen molar-refractivity contribution in [1.29, 1.82) is 0 Å². The van der Waals surface area contributed by atoms with Crippen molar-refractivity contribution in [2.45, 2.75) is 12.8 Å². The van der Waals surface area contributed by atoms with Crippen LogP contribution in [0.2, 0.25) is 0 Å². The number of nitro benzene ring substituents is 1. The Balaban J connectivity index is 2.75. The van der Waals surface area contributed by atoms with Gasteiger partial charge in [-0.3, -0.25) is 14.9 Å². The molecule has 0 radical (unpaired) electrons. The molecule has 6 heteroatoms. The molecule has 0 saturated heterocycles. The topological polar surface area (TPSA) is 89.7 Å². The first-order valence-corrected chi connectivity index (χ1v) is 5.03. The fourth-order valence-electron chi connectivity index (χ4n) is 1.34. The van der Waals surface area contributed by atoms with Crippen molar-refractivity contribution in [2.24, 2.45) is 0 Å². The van der Waals surface area contributed by atoms with Gasteiger partial charge in [0.25, 0.3) is 5.69 Å². The van der Waals surface area contributed by atoms with Crippen LogP contribution < -0.4 is 0 Å². The average molecular weight is 239 g/mol. The Morgan fingerprint density at radius 2 is 2.06 bits per heavy atom. The molecule has 0 aromatic heterocycles. The third kappa shape index (κ3) is 3.84. The summed E-state index contributed by atoms with van der Waals surface area (Å²) in [4.78, 5) is 20.6. The fourth-order valence-corrected chi connectivity index (χ4v) is 1.34. The number of nitrogens with zero attached hydrogens (tertiary/aromatic N) is 1. The molecule has 1 rings (SSSR count). The fraction of sp³-hybridized carbons (Fsp3) is 0.364. The maximum Gasteiger partial charge on any atom is 0.302 e. The van der Waals surface area contributed by atoms with E-state index in [1.54, 1.807) is 12.1 Å². The Labute approximate surface area is 98.0 Å². The smallest absolute Gasteiger partial charge is 0.302 e. The Morgan fingerprint density at radius 3 is 2.47 bits per heavy atom. The van der Waals surface area contributed by atoms with Crippen molar-refractivity contribution in [3.63, 3.8) is 0 Å². The molecular formula is C11H13NO5. The molecule has 1 N–H and O–H groups in total. The molecule has 0 aliphatic carbocycles. The number of hydrogen-bond acceptors (Lipinski definition) is 5. The van der Waals surface area contributed by atoms with E-state index in [1.807, 2.05) is 0 Å². The Bertz CT molecular complexity index is 401. The molecule has 1 unspecified atom stereocenters. The summed E-state index contributed by atoms with van der Waals surface area (Å²) in [5, 5.41) is 19.6. The minimum atomic E-state index is -0.496. The number of hydrogen-bond donors (Lipinski definition) is 1. The molecule has 6 nitrogen and oxygen atoms in total. The molecule has 1 aromatic carbocycles. The summed E-state index contributed by atoms with van der Waals surface area (Å²) in [5.41, 5.74) is 0.678. The van der Waals surface area contributed by atoms with Crippen molar-refractivity contribution < 1.29 is 19.6 Å². The second-order valence-electron chi connectivity index (χ2n) is 3.53. The lowest BCUT2D eigenvalue weighted by atomic mass is 10.0. The number of benzene rings is 1. The predicted octanol–water partition coefficient (Wildman–Crippen LogP) is 1.23. The van der Waals surface area contributed by atoms with Crippen LogP contribution >= 0.6 is 0 Å². The van der Waals surface area contributed by atoms with Crippen LogP contribution in [0, 0.1) is 10.1 Å². The molecule has 1 aromatic rings. The van der Waals surface area contributed by atoms with E-state index in [2.05, 4.69) is 0 Å².